The molecule has 0 atom stereocenters. The van der Waals surface area contributed by atoms with Gasteiger partial charge in [0.15, 0.2) is 0 Å². The van der Waals surface area contributed by atoms with Crippen LogP contribution in [0.15, 0.2) is 18.3 Å². The number of carboxylic acid groups (broad SMARTS) is 1. The Labute approximate surface area is 104 Å². The Morgan fingerprint density at radius 2 is 2.17 bits per heavy atom. The molecule has 1 aliphatic rings. The molecule has 0 saturated heterocycles. The van der Waals surface area contributed by atoms with E-state index in [0.29, 0.717) is 0 Å². The predicted octanol–water partition coefficient (Wildman–Crippen LogP) is 0.687. The van der Waals surface area contributed by atoms with Crippen LogP contribution in [0.1, 0.15) is 33.7 Å². The van der Waals surface area contributed by atoms with Gasteiger partial charge in [-0.3, -0.25) is 9.78 Å². The molecule has 0 aliphatic heterocycles. The first-order chi connectivity index (χ1) is 8.60. The van der Waals surface area contributed by atoms with Crippen molar-refractivity contribution in [2.45, 2.75) is 25.0 Å². The lowest BCUT2D eigenvalue weighted by Crippen LogP contribution is -2.47. The van der Waals surface area contributed by atoms with Gasteiger partial charge < -0.3 is 15.2 Å². The summed E-state index contributed by atoms with van der Waals surface area (Å²) >= 11 is 0. The minimum absolute atomic E-state index is 0.0645. The van der Waals surface area contributed by atoms with Crippen molar-refractivity contribution in [3.05, 3.63) is 29.6 Å². The van der Waals surface area contributed by atoms with E-state index in [1.807, 2.05) is 0 Å². The highest BCUT2D eigenvalue weighted by molar-refractivity contribution is 5.93. The van der Waals surface area contributed by atoms with Crippen molar-refractivity contribution < 1.29 is 19.4 Å². The highest BCUT2D eigenvalue weighted by atomic mass is 16.5. The number of carboxylic acids is 1. The number of ether oxygens (including phenoxy) is 1. The molecule has 6 nitrogen and oxygen atoms in total. The van der Waals surface area contributed by atoms with Crippen LogP contribution >= 0.6 is 0 Å². The van der Waals surface area contributed by atoms with Crippen LogP contribution < -0.4 is 5.32 Å². The number of hydrogen-bond donors (Lipinski definition) is 2. The van der Waals surface area contributed by atoms with E-state index in [1.54, 1.807) is 7.11 Å². The molecule has 0 aromatic carbocycles. The summed E-state index contributed by atoms with van der Waals surface area (Å²) in [7, 11) is 1.65. The fourth-order valence-corrected chi connectivity index (χ4v) is 1.79. The molecule has 0 radical (unpaired) electrons. The van der Waals surface area contributed by atoms with Crippen molar-refractivity contribution in [1.82, 2.24) is 10.3 Å². The highest BCUT2D eigenvalue weighted by Crippen LogP contribution is 2.22. The van der Waals surface area contributed by atoms with E-state index < -0.39 is 5.97 Å². The number of methoxy groups -OCH3 is 1. The largest absolute Gasteiger partial charge is 0.478 e. The van der Waals surface area contributed by atoms with Gasteiger partial charge in [-0.05, 0) is 25.0 Å². The molecule has 1 saturated carbocycles. The molecule has 0 unspecified atom stereocenters. The fourth-order valence-electron chi connectivity index (χ4n) is 1.79. The molecule has 2 rings (SSSR count). The molecule has 1 aromatic rings. The van der Waals surface area contributed by atoms with Crippen LogP contribution in [0.4, 0.5) is 0 Å². The standard InChI is InChI=1S/C12H14N2O4/c1-18-9-4-8(5-9)14-11(15)10-3-2-7(6-13-10)12(16)17/h2-3,6,8-9H,4-5H2,1H3,(H,14,15)(H,16,17). The van der Waals surface area contributed by atoms with Crippen molar-refractivity contribution in [3.8, 4) is 0 Å². The highest BCUT2D eigenvalue weighted by Gasteiger charge is 2.30. The summed E-state index contributed by atoms with van der Waals surface area (Å²) in [5, 5.41) is 11.5. The van der Waals surface area contributed by atoms with Gasteiger partial charge >= 0.3 is 5.97 Å². The van der Waals surface area contributed by atoms with Crippen LogP contribution in [0.5, 0.6) is 0 Å². The lowest BCUT2D eigenvalue weighted by Gasteiger charge is -2.34. The Bertz CT molecular complexity index is 452. The molecule has 6 heteroatoms. The van der Waals surface area contributed by atoms with Gasteiger partial charge in [-0.2, -0.15) is 0 Å². The zero-order chi connectivity index (χ0) is 13.1. The van der Waals surface area contributed by atoms with Gasteiger partial charge in [0.2, 0.25) is 0 Å². The molecule has 0 spiro atoms. The summed E-state index contributed by atoms with van der Waals surface area (Å²) in [6, 6.07) is 2.89. The number of aromatic nitrogens is 1. The Kier molecular flexibility index (Phi) is 3.57. The van der Waals surface area contributed by atoms with Crippen molar-refractivity contribution in [2.75, 3.05) is 7.11 Å². The van der Waals surface area contributed by atoms with Gasteiger partial charge in [-0.25, -0.2) is 4.79 Å². The lowest BCUT2D eigenvalue weighted by atomic mass is 9.89. The molecule has 1 amide bonds. The van der Waals surface area contributed by atoms with E-state index in [0.717, 1.165) is 12.8 Å². The molecule has 1 fully saturated rings. The minimum atomic E-state index is -1.06. The summed E-state index contributed by atoms with van der Waals surface area (Å²) in [5.41, 5.74) is 0.288. The van der Waals surface area contributed by atoms with Crippen LogP contribution in [0.25, 0.3) is 0 Å². The maximum atomic E-state index is 11.8. The van der Waals surface area contributed by atoms with Crippen LogP contribution in [0, 0.1) is 0 Å². The SMILES string of the molecule is COC1CC(NC(=O)c2ccc(C(=O)O)cn2)C1. The molecule has 1 aromatic heterocycles. The number of rotatable bonds is 4. The topological polar surface area (TPSA) is 88.5 Å². The summed E-state index contributed by atoms with van der Waals surface area (Å²) < 4.78 is 5.11. The summed E-state index contributed by atoms with van der Waals surface area (Å²) in [5.74, 6) is -1.34. The number of aromatic carboxylic acids is 1. The van der Waals surface area contributed by atoms with Crippen molar-refractivity contribution in [3.63, 3.8) is 0 Å². The van der Waals surface area contributed by atoms with Crippen LogP contribution in [-0.2, 0) is 4.74 Å². The minimum Gasteiger partial charge on any atom is -0.478 e. The first kappa shape index (κ1) is 12.5. The van der Waals surface area contributed by atoms with E-state index in [4.69, 9.17) is 9.84 Å². The Hall–Kier alpha value is -1.95. The normalized spacial score (nSPS) is 22.1. The zero-order valence-electron chi connectivity index (χ0n) is 9.92. The second-order valence-corrected chi connectivity index (χ2v) is 4.24. The van der Waals surface area contributed by atoms with E-state index in [9.17, 15) is 9.59 Å². The number of carbonyl (C=O) groups is 2. The van der Waals surface area contributed by atoms with Crippen molar-refractivity contribution in [1.29, 1.82) is 0 Å². The Balaban J connectivity index is 1.91. The third-order valence-corrected chi connectivity index (χ3v) is 3.01. The number of amides is 1. The Morgan fingerprint density at radius 1 is 1.44 bits per heavy atom. The van der Waals surface area contributed by atoms with Crippen LogP contribution in [0.3, 0.4) is 0 Å². The molecular weight excluding hydrogens is 236 g/mol. The lowest BCUT2D eigenvalue weighted by molar-refractivity contribution is 0.0175. The zero-order valence-corrected chi connectivity index (χ0v) is 9.92. The van der Waals surface area contributed by atoms with Gasteiger partial charge in [-0.15, -0.1) is 0 Å². The fraction of sp³-hybridized carbons (Fsp3) is 0.417. The molecular formula is C12H14N2O4. The first-order valence-electron chi connectivity index (χ1n) is 5.63. The maximum absolute atomic E-state index is 11.8. The van der Waals surface area contributed by atoms with E-state index in [1.165, 1.54) is 18.3 Å². The quantitative estimate of drug-likeness (QED) is 0.820. The van der Waals surface area contributed by atoms with E-state index in [-0.39, 0.29) is 29.3 Å². The number of pyridine rings is 1. The number of nitrogens with one attached hydrogen (secondary N) is 1. The second-order valence-electron chi connectivity index (χ2n) is 4.24. The van der Waals surface area contributed by atoms with Gasteiger partial charge in [-0.1, -0.05) is 0 Å². The third kappa shape index (κ3) is 2.65. The summed E-state index contributed by atoms with van der Waals surface area (Å²) in [6.45, 7) is 0. The third-order valence-electron chi connectivity index (χ3n) is 3.01. The van der Waals surface area contributed by atoms with Gasteiger partial charge in [0.05, 0.1) is 11.7 Å². The number of nitrogens with zero attached hydrogens (tertiary/aromatic N) is 1. The Morgan fingerprint density at radius 3 is 2.67 bits per heavy atom. The molecule has 2 N–H and O–H groups in total. The molecule has 0 bridgehead atoms. The maximum Gasteiger partial charge on any atom is 0.337 e. The summed E-state index contributed by atoms with van der Waals surface area (Å²) in [6.07, 6.45) is 3.00. The van der Waals surface area contributed by atoms with E-state index >= 15 is 0 Å². The van der Waals surface area contributed by atoms with Gasteiger partial charge in [0.1, 0.15) is 5.69 Å². The monoisotopic (exact) mass is 250 g/mol. The smallest absolute Gasteiger partial charge is 0.337 e. The van der Waals surface area contributed by atoms with Crippen LogP contribution in [0.2, 0.25) is 0 Å². The average Bonchev–Trinajstić information content (AvgIpc) is 2.33. The first-order valence-corrected chi connectivity index (χ1v) is 5.63. The molecule has 1 aliphatic carbocycles. The molecule has 18 heavy (non-hydrogen) atoms. The van der Waals surface area contributed by atoms with Crippen molar-refractivity contribution in [2.24, 2.45) is 0 Å². The van der Waals surface area contributed by atoms with Crippen molar-refractivity contribution >= 4 is 11.9 Å². The summed E-state index contributed by atoms with van der Waals surface area (Å²) in [4.78, 5) is 26.2. The number of hydrogen-bond acceptors (Lipinski definition) is 4. The number of carbonyl (C=O) groups excluding carboxylic acids is 1. The predicted molar refractivity (Wildman–Crippen MR) is 62.5 cm³/mol. The average molecular weight is 250 g/mol. The van der Waals surface area contributed by atoms with Gasteiger partial charge in [0, 0.05) is 19.3 Å². The molecule has 1 heterocycles. The molecule has 96 valence electrons. The van der Waals surface area contributed by atoms with E-state index in [2.05, 4.69) is 10.3 Å². The second kappa shape index (κ2) is 5.14. The van der Waals surface area contributed by atoms with Gasteiger partial charge in [0.25, 0.3) is 5.91 Å². The van der Waals surface area contributed by atoms with Crippen LogP contribution in [-0.4, -0.2) is 41.2 Å².